The van der Waals surface area contributed by atoms with Crippen LogP contribution in [0.4, 0.5) is 5.69 Å². The van der Waals surface area contributed by atoms with Crippen molar-refractivity contribution in [2.24, 2.45) is 5.73 Å². The predicted octanol–water partition coefficient (Wildman–Crippen LogP) is 2.55. The maximum atomic E-state index is 11.0. The van der Waals surface area contributed by atoms with Gasteiger partial charge in [-0.05, 0) is 44.2 Å². The molecule has 0 heterocycles. The minimum Gasteiger partial charge on any atom is -0.483 e. The van der Waals surface area contributed by atoms with Crippen LogP contribution in [0.1, 0.15) is 31.2 Å². The molecule has 5 nitrogen and oxygen atoms in total. The summed E-state index contributed by atoms with van der Waals surface area (Å²) < 4.78 is 5.75. The Balaban J connectivity index is 2.15. The SMILES string of the molecule is Cc1ccc(OC2CCCC(N)C2)c([N+](=O)[O-])c1. The summed E-state index contributed by atoms with van der Waals surface area (Å²) in [5, 5.41) is 11.0. The number of benzene rings is 1. The Labute approximate surface area is 106 Å². The maximum Gasteiger partial charge on any atom is 0.311 e. The Morgan fingerprint density at radius 3 is 2.89 bits per heavy atom. The number of nitrogens with zero attached hydrogens (tertiary/aromatic N) is 1. The first kappa shape index (κ1) is 12.8. The number of aryl methyl sites for hydroxylation is 1. The fourth-order valence-electron chi connectivity index (χ4n) is 2.34. The zero-order chi connectivity index (χ0) is 13.1. The molecule has 18 heavy (non-hydrogen) atoms. The maximum absolute atomic E-state index is 11.0. The Hall–Kier alpha value is -1.62. The number of hydrogen-bond acceptors (Lipinski definition) is 4. The average molecular weight is 250 g/mol. The van der Waals surface area contributed by atoms with E-state index in [0.29, 0.717) is 5.75 Å². The molecule has 1 aliphatic carbocycles. The molecule has 2 rings (SSSR count). The van der Waals surface area contributed by atoms with E-state index in [0.717, 1.165) is 31.2 Å². The molecule has 0 radical (unpaired) electrons. The van der Waals surface area contributed by atoms with Gasteiger partial charge in [0.25, 0.3) is 0 Å². The second-order valence-corrected chi connectivity index (χ2v) is 4.89. The van der Waals surface area contributed by atoms with Crippen molar-refractivity contribution in [1.29, 1.82) is 0 Å². The van der Waals surface area contributed by atoms with Gasteiger partial charge in [0.15, 0.2) is 5.75 Å². The second-order valence-electron chi connectivity index (χ2n) is 4.89. The quantitative estimate of drug-likeness (QED) is 0.660. The van der Waals surface area contributed by atoms with Crippen LogP contribution in [-0.4, -0.2) is 17.1 Å². The van der Waals surface area contributed by atoms with E-state index in [-0.39, 0.29) is 17.8 Å². The summed E-state index contributed by atoms with van der Waals surface area (Å²) in [4.78, 5) is 10.6. The molecule has 2 atom stereocenters. The summed E-state index contributed by atoms with van der Waals surface area (Å²) >= 11 is 0. The average Bonchev–Trinajstić information content (AvgIpc) is 2.31. The molecule has 1 aromatic carbocycles. The summed E-state index contributed by atoms with van der Waals surface area (Å²) in [5.74, 6) is 0.352. The van der Waals surface area contributed by atoms with Crippen molar-refractivity contribution in [3.63, 3.8) is 0 Å². The lowest BCUT2D eigenvalue weighted by atomic mass is 9.93. The summed E-state index contributed by atoms with van der Waals surface area (Å²) in [6.45, 7) is 1.83. The first-order valence-corrected chi connectivity index (χ1v) is 6.23. The summed E-state index contributed by atoms with van der Waals surface area (Å²) in [7, 11) is 0. The van der Waals surface area contributed by atoms with Crippen LogP contribution in [-0.2, 0) is 0 Å². The standard InChI is InChI=1S/C13H18N2O3/c1-9-5-6-13(12(7-9)15(16)17)18-11-4-2-3-10(14)8-11/h5-7,10-11H,2-4,8,14H2,1H3. The van der Waals surface area contributed by atoms with E-state index in [4.69, 9.17) is 10.5 Å². The van der Waals surface area contributed by atoms with Gasteiger partial charge < -0.3 is 10.5 Å². The van der Waals surface area contributed by atoms with Crippen molar-refractivity contribution >= 4 is 5.69 Å². The number of ether oxygens (including phenoxy) is 1. The molecule has 0 aliphatic heterocycles. The van der Waals surface area contributed by atoms with Gasteiger partial charge in [-0.2, -0.15) is 0 Å². The highest BCUT2D eigenvalue weighted by Crippen LogP contribution is 2.31. The van der Waals surface area contributed by atoms with Crippen molar-refractivity contribution in [3.8, 4) is 5.75 Å². The van der Waals surface area contributed by atoms with E-state index in [2.05, 4.69) is 0 Å². The first-order chi connectivity index (χ1) is 8.56. The Bertz CT molecular complexity index is 448. The molecule has 0 aromatic heterocycles. The molecular weight excluding hydrogens is 232 g/mol. The fraction of sp³-hybridized carbons (Fsp3) is 0.538. The van der Waals surface area contributed by atoms with E-state index in [1.165, 1.54) is 6.07 Å². The van der Waals surface area contributed by atoms with Crippen LogP contribution in [0.25, 0.3) is 0 Å². The first-order valence-electron chi connectivity index (χ1n) is 6.23. The molecule has 2 N–H and O–H groups in total. The number of hydrogen-bond donors (Lipinski definition) is 1. The van der Waals surface area contributed by atoms with Crippen LogP contribution in [0.2, 0.25) is 0 Å². The number of rotatable bonds is 3. The lowest BCUT2D eigenvalue weighted by Crippen LogP contribution is -2.33. The molecule has 0 amide bonds. The summed E-state index contributed by atoms with van der Waals surface area (Å²) in [6.07, 6.45) is 3.71. The van der Waals surface area contributed by atoms with E-state index in [1.807, 2.05) is 13.0 Å². The van der Waals surface area contributed by atoms with Gasteiger partial charge in [0.05, 0.1) is 4.92 Å². The zero-order valence-corrected chi connectivity index (χ0v) is 10.5. The van der Waals surface area contributed by atoms with E-state index in [1.54, 1.807) is 6.07 Å². The van der Waals surface area contributed by atoms with Gasteiger partial charge in [-0.1, -0.05) is 6.07 Å². The topological polar surface area (TPSA) is 78.4 Å². The van der Waals surface area contributed by atoms with Gasteiger partial charge in [0, 0.05) is 12.1 Å². The third kappa shape index (κ3) is 2.98. The van der Waals surface area contributed by atoms with Crippen molar-refractivity contribution in [2.75, 3.05) is 0 Å². The fourth-order valence-corrected chi connectivity index (χ4v) is 2.34. The molecule has 5 heteroatoms. The van der Waals surface area contributed by atoms with Gasteiger partial charge in [-0.15, -0.1) is 0 Å². The van der Waals surface area contributed by atoms with Crippen molar-refractivity contribution in [3.05, 3.63) is 33.9 Å². The normalized spacial score (nSPS) is 23.7. The largest absolute Gasteiger partial charge is 0.483 e. The Morgan fingerprint density at radius 1 is 1.44 bits per heavy atom. The lowest BCUT2D eigenvalue weighted by molar-refractivity contribution is -0.386. The van der Waals surface area contributed by atoms with E-state index < -0.39 is 4.92 Å². The predicted molar refractivity (Wildman–Crippen MR) is 68.7 cm³/mol. The molecule has 98 valence electrons. The highest BCUT2D eigenvalue weighted by molar-refractivity contribution is 5.48. The summed E-state index contributed by atoms with van der Waals surface area (Å²) in [6, 6.07) is 5.18. The molecule has 1 aliphatic rings. The van der Waals surface area contributed by atoms with Crippen molar-refractivity contribution in [2.45, 2.75) is 44.8 Å². The highest BCUT2D eigenvalue weighted by Gasteiger charge is 2.24. The number of nitrogens with two attached hydrogens (primary N) is 1. The summed E-state index contributed by atoms with van der Waals surface area (Å²) in [5.41, 5.74) is 6.78. The van der Waals surface area contributed by atoms with Gasteiger partial charge in [0.2, 0.25) is 0 Å². The van der Waals surface area contributed by atoms with Crippen molar-refractivity contribution in [1.82, 2.24) is 0 Å². The van der Waals surface area contributed by atoms with E-state index >= 15 is 0 Å². The lowest BCUT2D eigenvalue weighted by Gasteiger charge is -2.27. The van der Waals surface area contributed by atoms with E-state index in [9.17, 15) is 10.1 Å². The minimum atomic E-state index is -0.398. The Kier molecular flexibility index (Phi) is 3.81. The van der Waals surface area contributed by atoms with Gasteiger partial charge >= 0.3 is 5.69 Å². The van der Waals surface area contributed by atoms with Gasteiger partial charge in [0.1, 0.15) is 6.10 Å². The van der Waals surface area contributed by atoms with Crippen LogP contribution >= 0.6 is 0 Å². The molecular formula is C13H18N2O3. The molecule has 1 saturated carbocycles. The number of nitro groups is 1. The molecule has 0 saturated heterocycles. The smallest absolute Gasteiger partial charge is 0.311 e. The molecule has 2 unspecified atom stereocenters. The second kappa shape index (κ2) is 5.35. The van der Waals surface area contributed by atoms with Crippen LogP contribution in [0.15, 0.2) is 18.2 Å². The van der Waals surface area contributed by atoms with Gasteiger partial charge in [-0.3, -0.25) is 10.1 Å². The Morgan fingerprint density at radius 2 is 2.22 bits per heavy atom. The molecule has 1 fully saturated rings. The molecule has 0 bridgehead atoms. The molecule has 0 spiro atoms. The van der Waals surface area contributed by atoms with Gasteiger partial charge in [-0.25, -0.2) is 0 Å². The number of nitro benzene ring substituents is 1. The minimum absolute atomic E-state index is 0.00449. The van der Waals surface area contributed by atoms with Crippen LogP contribution in [0.3, 0.4) is 0 Å². The van der Waals surface area contributed by atoms with Crippen LogP contribution in [0, 0.1) is 17.0 Å². The zero-order valence-electron chi connectivity index (χ0n) is 10.5. The molecule has 1 aromatic rings. The highest BCUT2D eigenvalue weighted by atomic mass is 16.6. The third-order valence-corrected chi connectivity index (χ3v) is 3.27. The van der Waals surface area contributed by atoms with Crippen molar-refractivity contribution < 1.29 is 9.66 Å². The van der Waals surface area contributed by atoms with Crippen LogP contribution < -0.4 is 10.5 Å². The van der Waals surface area contributed by atoms with Crippen LogP contribution in [0.5, 0.6) is 5.75 Å². The third-order valence-electron chi connectivity index (χ3n) is 3.27. The monoisotopic (exact) mass is 250 g/mol.